The molecule has 2 atom stereocenters. The smallest absolute Gasteiger partial charge is 0.180 e. The van der Waals surface area contributed by atoms with Gasteiger partial charge in [0.25, 0.3) is 0 Å². The average molecular weight is 727 g/mol. The SMILES string of the molecule is CCCOC(C=CCCCCCCCCCCCC(OCC)OCC)OC(C=CCCCCCCCCCCCC(OCC)OCC)OCCC. The molecule has 7 heteroatoms. The van der Waals surface area contributed by atoms with Crippen LogP contribution in [-0.2, 0) is 33.2 Å². The largest absolute Gasteiger partial charge is 0.353 e. The maximum Gasteiger partial charge on any atom is 0.180 e. The summed E-state index contributed by atoms with van der Waals surface area (Å²) in [6.07, 6.45) is 37.2. The molecular weight excluding hydrogens is 640 g/mol. The van der Waals surface area contributed by atoms with E-state index in [1.807, 2.05) is 27.7 Å². The molecule has 0 amide bonds. The van der Waals surface area contributed by atoms with Gasteiger partial charge in [0.15, 0.2) is 25.2 Å². The fraction of sp³-hybridized carbons (Fsp3) is 0.909. The predicted octanol–water partition coefficient (Wildman–Crippen LogP) is 13.0. The van der Waals surface area contributed by atoms with Gasteiger partial charge in [-0.1, -0.05) is 116 Å². The van der Waals surface area contributed by atoms with Crippen molar-refractivity contribution < 1.29 is 33.2 Å². The van der Waals surface area contributed by atoms with Gasteiger partial charge >= 0.3 is 0 Å². The van der Waals surface area contributed by atoms with Gasteiger partial charge in [-0.15, -0.1) is 0 Å². The predicted molar refractivity (Wildman–Crippen MR) is 215 cm³/mol. The second-order valence-corrected chi connectivity index (χ2v) is 13.7. The summed E-state index contributed by atoms with van der Waals surface area (Å²) < 4.78 is 40.9. The van der Waals surface area contributed by atoms with Gasteiger partial charge in [0.2, 0.25) is 0 Å². The van der Waals surface area contributed by atoms with Gasteiger partial charge in [0.05, 0.1) is 0 Å². The lowest BCUT2D eigenvalue weighted by atomic mass is 10.1. The Morgan fingerprint density at radius 3 is 0.941 bits per heavy atom. The molecule has 0 bridgehead atoms. The van der Waals surface area contributed by atoms with Crippen LogP contribution in [0.4, 0.5) is 0 Å². The van der Waals surface area contributed by atoms with Crippen LogP contribution in [0, 0.1) is 0 Å². The highest BCUT2D eigenvalue weighted by atomic mass is 16.8. The minimum absolute atomic E-state index is 0.0135. The van der Waals surface area contributed by atoms with E-state index in [0.717, 1.165) is 65.0 Å². The lowest BCUT2D eigenvalue weighted by molar-refractivity contribution is -0.207. The highest BCUT2D eigenvalue weighted by Crippen LogP contribution is 2.16. The van der Waals surface area contributed by atoms with Gasteiger partial charge in [-0.3, -0.25) is 0 Å². The molecule has 0 aromatic rings. The van der Waals surface area contributed by atoms with Crippen molar-refractivity contribution in [1.82, 2.24) is 0 Å². The molecule has 0 rings (SSSR count). The number of allylic oxidation sites excluding steroid dienone is 2. The Balaban J connectivity index is 4.13. The molecular formula is C44H86O7. The normalized spacial score (nSPS) is 13.5. The molecule has 0 spiro atoms. The van der Waals surface area contributed by atoms with Crippen LogP contribution in [0.2, 0.25) is 0 Å². The van der Waals surface area contributed by atoms with E-state index in [-0.39, 0.29) is 25.2 Å². The molecule has 0 aliphatic heterocycles. The molecule has 0 fully saturated rings. The molecule has 0 aliphatic carbocycles. The van der Waals surface area contributed by atoms with Gasteiger partial charge in [-0.25, -0.2) is 0 Å². The first kappa shape index (κ1) is 50.2. The molecule has 0 saturated heterocycles. The number of unbranched alkanes of at least 4 members (excludes halogenated alkanes) is 18. The lowest BCUT2D eigenvalue weighted by Gasteiger charge is -2.21. The third-order valence-corrected chi connectivity index (χ3v) is 8.86. The summed E-state index contributed by atoms with van der Waals surface area (Å²) in [7, 11) is 0. The monoisotopic (exact) mass is 727 g/mol. The summed E-state index contributed by atoms with van der Waals surface area (Å²) in [6.45, 7) is 16.7. The van der Waals surface area contributed by atoms with Gasteiger partial charge in [0, 0.05) is 39.6 Å². The molecule has 0 aliphatic rings. The number of hydrogen-bond donors (Lipinski definition) is 0. The molecule has 0 saturated carbocycles. The van der Waals surface area contributed by atoms with Crippen molar-refractivity contribution in [3.8, 4) is 0 Å². The van der Waals surface area contributed by atoms with E-state index >= 15 is 0 Å². The van der Waals surface area contributed by atoms with E-state index in [1.165, 1.54) is 116 Å². The fourth-order valence-electron chi connectivity index (χ4n) is 6.09. The Labute approximate surface area is 317 Å². The van der Waals surface area contributed by atoms with Crippen molar-refractivity contribution in [3.05, 3.63) is 24.3 Å². The van der Waals surface area contributed by atoms with E-state index < -0.39 is 0 Å². The Hall–Kier alpha value is -0.800. The van der Waals surface area contributed by atoms with Crippen molar-refractivity contribution in [2.24, 2.45) is 0 Å². The third-order valence-electron chi connectivity index (χ3n) is 8.86. The van der Waals surface area contributed by atoms with Gasteiger partial charge in [-0.05, 0) is 104 Å². The van der Waals surface area contributed by atoms with E-state index in [4.69, 9.17) is 33.2 Å². The summed E-state index contributed by atoms with van der Waals surface area (Å²) >= 11 is 0. The maximum atomic E-state index is 6.28. The van der Waals surface area contributed by atoms with E-state index in [2.05, 4.69) is 38.2 Å². The molecule has 0 radical (unpaired) electrons. The molecule has 7 nitrogen and oxygen atoms in total. The van der Waals surface area contributed by atoms with Crippen LogP contribution >= 0.6 is 0 Å². The molecule has 2 unspecified atom stereocenters. The lowest BCUT2D eigenvalue weighted by Crippen LogP contribution is -2.25. The van der Waals surface area contributed by atoms with Crippen LogP contribution in [0.15, 0.2) is 24.3 Å². The van der Waals surface area contributed by atoms with E-state index in [1.54, 1.807) is 0 Å². The first-order chi connectivity index (χ1) is 25.1. The van der Waals surface area contributed by atoms with Crippen LogP contribution in [0.1, 0.15) is 196 Å². The molecule has 0 aromatic carbocycles. The number of rotatable bonds is 42. The van der Waals surface area contributed by atoms with Crippen molar-refractivity contribution in [1.29, 1.82) is 0 Å². The van der Waals surface area contributed by atoms with E-state index in [9.17, 15) is 0 Å². The maximum absolute atomic E-state index is 6.28. The Morgan fingerprint density at radius 1 is 0.353 bits per heavy atom. The zero-order valence-corrected chi connectivity index (χ0v) is 34.7. The Morgan fingerprint density at radius 2 is 0.647 bits per heavy atom. The highest BCUT2D eigenvalue weighted by Gasteiger charge is 2.13. The summed E-state index contributed by atoms with van der Waals surface area (Å²) in [5, 5.41) is 0. The summed E-state index contributed by atoms with van der Waals surface area (Å²) in [5.41, 5.74) is 0. The molecule has 51 heavy (non-hydrogen) atoms. The zero-order chi connectivity index (χ0) is 37.3. The molecule has 0 N–H and O–H groups in total. The highest BCUT2D eigenvalue weighted by molar-refractivity contribution is 4.89. The van der Waals surface area contributed by atoms with Crippen LogP contribution in [0.5, 0.6) is 0 Å². The second kappa shape index (κ2) is 41.9. The van der Waals surface area contributed by atoms with E-state index in [0.29, 0.717) is 13.2 Å². The quantitative estimate of drug-likeness (QED) is 0.0352. The van der Waals surface area contributed by atoms with Crippen LogP contribution in [0.25, 0.3) is 0 Å². The van der Waals surface area contributed by atoms with Crippen molar-refractivity contribution in [2.45, 2.75) is 221 Å². The molecule has 304 valence electrons. The van der Waals surface area contributed by atoms with Gasteiger partial charge in [0.1, 0.15) is 0 Å². The molecule has 0 aromatic heterocycles. The Bertz CT molecular complexity index is 646. The minimum Gasteiger partial charge on any atom is -0.353 e. The van der Waals surface area contributed by atoms with Gasteiger partial charge in [-0.2, -0.15) is 0 Å². The summed E-state index contributed by atoms with van der Waals surface area (Å²) in [6, 6.07) is 0. The Kier molecular flexibility index (Phi) is 41.3. The van der Waals surface area contributed by atoms with Crippen molar-refractivity contribution >= 4 is 0 Å². The topological polar surface area (TPSA) is 64.6 Å². The van der Waals surface area contributed by atoms with Crippen LogP contribution in [0.3, 0.4) is 0 Å². The number of ether oxygens (including phenoxy) is 7. The first-order valence-corrected chi connectivity index (χ1v) is 21.8. The fourth-order valence-corrected chi connectivity index (χ4v) is 6.09. The number of hydrogen-bond acceptors (Lipinski definition) is 7. The van der Waals surface area contributed by atoms with Crippen molar-refractivity contribution in [2.75, 3.05) is 39.6 Å². The summed E-state index contributed by atoms with van der Waals surface area (Å²) in [4.78, 5) is 0. The van der Waals surface area contributed by atoms with Gasteiger partial charge < -0.3 is 33.2 Å². The standard InChI is InChI=1S/C44H86O7/c1-7-39-49-43(37-33-29-25-21-17-13-15-19-23-27-31-35-41(45-9-3)46-10-4)51-44(50-40-8-2)38-34-30-26-22-18-14-16-20-24-28-32-36-42(47-11-5)48-12-6/h33-34,37-38,41-44H,7-32,35-36,39-40H2,1-6H3. The first-order valence-electron chi connectivity index (χ1n) is 21.8. The van der Waals surface area contributed by atoms with Crippen LogP contribution < -0.4 is 0 Å². The zero-order valence-electron chi connectivity index (χ0n) is 34.7. The third kappa shape index (κ3) is 36.0. The second-order valence-electron chi connectivity index (χ2n) is 13.7. The molecule has 0 heterocycles. The minimum atomic E-state index is -0.371. The van der Waals surface area contributed by atoms with Crippen molar-refractivity contribution in [3.63, 3.8) is 0 Å². The average Bonchev–Trinajstić information content (AvgIpc) is 3.13. The van der Waals surface area contributed by atoms with Crippen LogP contribution in [-0.4, -0.2) is 64.8 Å². The summed E-state index contributed by atoms with van der Waals surface area (Å²) in [5.74, 6) is 0.